The van der Waals surface area contributed by atoms with Crippen molar-refractivity contribution >= 4 is 12.1 Å². The molecule has 0 saturated heterocycles. The predicted octanol–water partition coefficient (Wildman–Crippen LogP) is 3.28. The van der Waals surface area contributed by atoms with Crippen LogP contribution in [0.4, 0.5) is 0 Å². The first-order valence-electron chi connectivity index (χ1n) is 9.37. The molecule has 1 amide bonds. The van der Waals surface area contributed by atoms with Crippen LogP contribution < -0.4 is 19.6 Å². The summed E-state index contributed by atoms with van der Waals surface area (Å²) in [5.74, 6) is 1.44. The van der Waals surface area contributed by atoms with Crippen molar-refractivity contribution in [1.82, 2.24) is 5.43 Å². The highest BCUT2D eigenvalue weighted by molar-refractivity contribution is 5.85. The highest BCUT2D eigenvalue weighted by Crippen LogP contribution is 2.37. The summed E-state index contributed by atoms with van der Waals surface area (Å²) < 4.78 is 16.0. The molecule has 0 radical (unpaired) electrons. The third kappa shape index (κ3) is 4.44. The van der Waals surface area contributed by atoms with E-state index in [0.29, 0.717) is 23.7 Å². The lowest BCUT2D eigenvalue weighted by Crippen LogP contribution is -2.21. The zero-order valence-corrected chi connectivity index (χ0v) is 16.6. The van der Waals surface area contributed by atoms with Gasteiger partial charge in [-0.1, -0.05) is 18.2 Å². The third-order valence-electron chi connectivity index (χ3n) is 4.93. The summed E-state index contributed by atoms with van der Waals surface area (Å²) in [5.41, 5.74) is 7.13. The molecule has 0 atom stereocenters. The number of methoxy groups -OCH3 is 3. The van der Waals surface area contributed by atoms with Crippen molar-refractivity contribution < 1.29 is 19.0 Å². The SMILES string of the molecule is COc1cc(/C=N/NC(=O)Cc2cccc3c2CCCC3)cc(OC)c1OC. The van der Waals surface area contributed by atoms with Gasteiger partial charge in [0.15, 0.2) is 11.5 Å². The number of benzene rings is 2. The van der Waals surface area contributed by atoms with E-state index in [2.05, 4.69) is 16.6 Å². The van der Waals surface area contributed by atoms with E-state index in [1.165, 1.54) is 24.0 Å². The Hall–Kier alpha value is -3.02. The Morgan fingerprint density at radius 2 is 1.79 bits per heavy atom. The zero-order chi connectivity index (χ0) is 19.9. The fourth-order valence-corrected chi connectivity index (χ4v) is 3.59. The number of hydrazone groups is 1. The topological polar surface area (TPSA) is 69.2 Å². The summed E-state index contributed by atoms with van der Waals surface area (Å²) in [6.07, 6.45) is 6.45. The minimum atomic E-state index is -0.136. The number of carbonyl (C=O) groups excluding carboxylic acids is 1. The second-order valence-electron chi connectivity index (χ2n) is 6.69. The van der Waals surface area contributed by atoms with Gasteiger partial charge in [0.1, 0.15) is 0 Å². The van der Waals surface area contributed by atoms with Crippen molar-refractivity contribution in [2.24, 2.45) is 5.10 Å². The fourth-order valence-electron chi connectivity index (χ4n) is 3.59. The van der Waals surface area contributed by atoms with Crippen LogP contribution in [0.3, 0.4) is 0 Å². The van der Waals surface area contributed by atoms with E-state index in [1.807, 2.05) is 12.1 Å². The molecule has 0 bridgehead atoms. The standard InChI is InChI=1S/C22H26N2O4/c1-26-19-11-15(12-20(27-2)22(19)28-3)14-23-24-21(25)13-17-9-6-8-16-7-4-5-10-18(16)17/h6,8-9,11-12,14H,4-5,7,10,13H2,1-3H3,(H,24,25)/b23-14+. The second kappa shape index (κ2) is 9.26. The third-order valence-corrected chi connectivity index (χ3v) is 4.93. The molecule has 28 heavy (non-hydrogen) atoms. The van der Waals surface area contributed by atoms with Crippen LogP contribution >= 0.6 is 0 Å². The summed E-state index contributed by atoms with van der Waals surface area (Å²) in [7, 11) is 4.66. The van der Waals surface area contributed by atoms with Crippen LogP contribution in [-0.4, -0.2) is 33.5 Å². The largest absolute Gasteiger partial charge is 0.493 e. The number of ether oxygens (including phenoxy) is 3. The number of hydrogen-bond donors (Lipinski definition) is 1. The van der Waals surface area contributed by atoms with Gasteiger partial charge in [-0.2, -0.15) is 5.10 Å². The number of aryl methyl sites for hydroxylation is 1. The summed E-state index contributed by atoms with van der Waals surface area (Å²) >= 11 is 0. The first-order valence-corrected chi connectivity index (χ1v) is 9.37. The summed E-state index contributed by atoms with van der Waals surface area (Å²) in [4.78, 5) is 12.3. The molecule has 6 heteroatoms. The van der Waals surface area contributed by atoms with Crippen LogP contribution in [0.1, 0.15) is 35.1 Å². The van der Waals surface area contributed by atoms with Crippen LogP contribution in [0, 0.1) is 0 Å². The van der Waals surface area contributed by atoms with Crippen molar-refractivity contribution in [3.8, 4) is 17.2 Å². The number of nitrogens with zero attached hydrogens (tertiary/aromatic N) is 1. The van der Waals surface area contributed by atoms with E-state index in [4.69, 9.17) is 14.2 Å². The fraction of sp³-hybridized carbons (Fsp3) is 0.364. The minimum absolute atomic E-state index is 0.136. The van der Waals surface area contributed by atoms with Crippen LogP contribution in [0.2, 0.25) is 0 Å². The monoisotopic (exact) mass is 382 g/mol. The number of hydrogen-bond acceptors (Lipinski definition) is 5. The van der Waals surface area contributed by atoms with Crippen LogP contribution in [0.25, 0.3) is 0 Å². The van der Waals surface area contributed by atoms with Crippen molar-refractivity contribution in [1.29, 1.82) is 0 Å². The maximum absolute atomic E-state index is 12.3. The smallest absolute Gasteiger partial charge is 0.244 e. The Kier molecular flexibility index (Phi) is 6.53. The molecule has 0 spiro atoms. The molecule has 1 N–H and O–H groups in total. The number of rotatable bonds is 7. The molecule has 2 aromatic rings. The van der Waals surface area contributed by atoms with Gasteiger partial charge in [0, 0.05) is 5.56 Å². The quantitative estimate of drug-likeness (QED) is 0.589. The lowest BCUT2D eigenvalue weighted by molar-refractivity contribution is -0.120. The highest BCUT2D eigenvalue weighted by atomic mass is 16.5. The van der Waals surface area contributed by atoms with Crippen molar-refractivity contribution in [3.63, 3.8) is 0 Å². The van der Waals surface area contributed by atoms with Gasteiger partial charge >= 0.3 is 0 Å². The van der Waals surface area contributed by atoms with E-state index < -0.39 is 0 Å². The average Bonchev–Trinajstić information content (AvgIpc) is 2.73. The molecule has 0 aromatic heterocycles. The molecule has 0 fully saturated rings. The summed E-state index contributed by atoms with van der Waals surface area (Å²) in [5, 5.41) is 4.08. The number of amides is 1. The normalized spacial score (nSPS) is 13.1. The maximum Gasteiger partial charge on any atom is 0.244 e. The van der Waals surface area contributed by atoms with Gasteiger partial charge in [-0.25, -0.2) is 5.43 Å². The van der Waals surface area contributed by atoms with Gasteiger partial charge in [0.05, 0.1) is 34.0 Å². The van der Waals surface area contributed by atoms with E-state index in [-0.39, 0.29) is 5.91 Å². The maximum atomic E-state index is 12.3. The average molecular weight is 382 g/mol. The minimum Gasteiger partial charge on any atom is -0.493 e. The van der Waals surface area contributed by atoms with Crippen LogP contribution in [0.5, 0.6) is 17.2 Å². The van der Waals surface area contributed by atoms with E-state index in [0.717, 1.165) is 24.0 Å². The Labute approximate surface area is 165 Å². The molecule has 1 aliphatic carbocycles. The lowest BCUT2D eigenvalue weighted by atomic mass is 9.87. The Bertz CT molecular complexity index is 852. The second-order valence-corrected chi connectivity index (χ2v) is 6.69. The molecule has 3 rings (SSSR count). The molecule has 0 saturated carbocycles. The molecule has 0 unspecified atom stereocenters. The predicted molar refractivity (Wildman–Crippen MR) is 109 cm³/mol. The summed E-state index contributed by atoms with van der Waals surface area (Å²) in [6.45, 7) is 0. The Balaban J connectivity index is 1.67. The Morgan fingerprint density at radius 3 is 2.46 bits per heavy atom. The van der Waals surface area contributed by atoms with Gasteiger partial charge in [-0.15, -0.1) is 0 Å². The molecule has 1 aliphatic rings. The van der Waals surface area contributed by atoms with Crippen molar-refractivity contribution in [2.45, 2.75) is 32.1 Å². The van der Waals surface area contributed by atoms with E-state index >= 15 is 0 Å². The molecule has 148 valence electrons. The molecule has 2 aromatic carbocycles. The zero-order valence-electron chi connectivity index (χ0n) is 16.6. The first kappa shape index (κ1) is 19.7. The van der Waals surface area contributed by atoms with Gasteiger partial charge < -0.3 is 14.2 Å². The molecular weight excluding hydrogens is 356 g/mol. The van der Waals surface area contributed by atoms with Crippen molar-refractivity contribution in [2.75, 3.05) is 21.3 Å². The van der Waals surface area contributed by atoms with Gasteiger partial charge in [0.25, 0.3) is 0 Å². The Morgan fingerprint density at radius 1 is 1.07 bits per heavy atom. The number of carbonyl (C=O) groups is 1. The van der Waals surface area contributed by atoms with Crippen molar-refractivity contribution in [3.05, 3.63) is 52.6 Å². The molecule has 0 aliphatic heterocycles. The van der Waals surface area contributed by atoms with Crippen LogP contribution in [-0.2, 0) is 24.1 Å². The van der Waals surface area contributed by atoms with E-state index in [1.54, 1.807) is 39.7 Å². The number of fused-ring (bicyclic) bond motifs is 1. The van der Waals surface area contributed by atoms with Gasteiger partial charge in [-0.3, -0.25) is 4.79 Å². The molecule has 6 nitrogen and oxygen atoms in total. The summed E-state index contributed by atoms with van der Waals surface area (Å²) in [6, 6.07) is 9.77. The lowest BCUT2D eigenvalue weighted by Gasteiger charge is -2.18. The van der Waals surface area contributed by atoms with E-state index in [9.17, 15) is 4.79 Å². The highest BCUT2D eigenvalue weighted by Gasteiger charge is 2.15. The van der Waals surface area contributed by atoms with Crippen LogP contribution in [0.15, 0.2) is 35.4 Å². The van der Waals surface area contributed by atoms with Gasteiger partial charge in [0.2, 0.25) is 11.7 Å². The molecule has 0 heterocycles. The molecular formula is C22H26N2O4. The number of nitrogens with one attached hydrogen (secondary N) is 1. The first-order chi connectivity index (χ1) is 13.7. The van der Waals surface area contributed by atoms with Gasteiger partial charge in [-0.05, 0) is 54.5 Å².